The number of benzene rings is 1. The number of aromatic amines is 2. The summed E-state index contributed by atoms with van der Waals surface area (Å²) < 4.78 is 13.7. The largest absolute Gasteiger partial charge is 0.336 e. The predicted octanol–water partition coefficient (Wildman–Crippen LogP) is 6.08. The number of amides is 1. The second kappa shape index (κ2) is 9.23. The number of aromatic nitrogens is 7. The van der Waals surface area contributed by atoms with Gasteiger partial charge in [0, 0.05) is 23.5 Å². The summed E-state index contributed by atoms with van der Waals surface area (Å²) in [6.45, 7) is 0. The average Bonchev–Trinajstić information content (AvgIpc) is 3.71. The van der Waals surface area contributed by atoms with Crippen LogP contribution in [0.5, 0.6) is 0 Å². The van der Waals surface area contributed by atoms with E-state index < -0.39 is 0 Å². The van der Waals surface area contributed by atoms with E-state index in [2.05, 4.69) is 30.5 Å². The van der Waals surface area contributed by atoms with Gasteiger partial charge in [-0.25, -0.2) is 9.97 Å². The van der Waals surface area contributed by atoms with E-state index in [0.29, 0.717) is 50.1 Å². The molecule has 0 bridgehead atoms. The van der Waals surface area contributed by atoms with Crippen LogP contribution in [-0.4, -0.2) is 41.0 Å². The molecule has 188 valence electrons. The molecule has 0 atom stereocenters. The van der Waals surface area contributed by atoms with Crippen LogP contribution in [0.4, 0.5) is 10.1 Å². The smallest absolute Gasteiger partial charge is 0.255 e. The number of halogens is 1. The Kier molecular flexibility index (Phi) is 5.41. The van der Waals surface area contributed by atoms with Gasteiger partial charge in [-0.3, -0.25) is 19.9 Å². The molecule has 7 aromatic rings. The number of anilines is 1. The number of nitrogens with one attached hydrogen (secondary N) is 3. The number of H-pyrrole nitrogens is 2. The van der Waals surface area contributed by atoms with Crippen LogP contribution in [0.1, 0.15) is 10.4 Å². The van der Waals surface area contributed by atoms with Crippen LogP contribution >= 0.6 is 11.3 Å². The number of nitrogens with zero attached hydrogens (tertiary/aromatic N) is 5. The summed E-state index contributed by atoms with van der Waals surface area (Å²) in [5.41, 5.74) is 6.33. The highest BCUT2D eigenvalue weighted by molar-refractivity contribution is 7.13. The zero-order valence-corrected chi connectivity index (χ0v) is 20.8. The minimum Gasteiger partial charge on any atom is -0.336 e. The molecule has 6 aromatic heterocycles. The Hall–Kier alpha value is -5.29. The third kappa shape index (κ3) is 4.20. The van der Waals surface area contributed by atoms with Crippen molar-refractivity contribution in [2.75, 3.05) is 5.32 Å². The zero-order chi connectivity index (χ0) is 26.3. The van der Waals surface area contributed by atoms with E-state index >= 15 is 0 Å². The monoisotopic (exact) mass is 532 g/mol. The number of carbonyl (C=O) groups excluding carboxylic acids is 1. The lowest BCUT2D eigenvalue weighted by molar-refractivity contribution is 0.102. The maximum Gasteiger partial charge on any atom is 0.255 e. The van der Waals surface area contributed by atoms with Crippen LogP contribution in [0, 0.1) is 5.13 Å². The standard InChI is InChI=1S/C28H17FN8OS/c29-22-9-8-21(39-22)25-23-19(10-11-31-25)34-27(35-23)26-24-20(36-37-26)7-6-18(33-24)16-12-17(14-30-13-16)32-28(38)15-4-2-1-3-5-15/h1-14H,(H,32,38)(H,34,35)(H,36,37). The lowest BCUT2D eigenvalue weighted by Crippen LogP contribution is -2.11. The normalized spacial score (nSPS) is 11.3. The van der Waals surface area contributed by atoms with Crippen molar-refractivity contribution in [3.05, 3.63) is 96.0 Å². The van der Waals surface area contributed by atoms with Gasteiger partial charge < -0.3 is 10.3 Å². The molecule has 0 saturated carbocycles. The highest BCUT2D eigenvalue weighted by Gasteiger charge is 2.18. The van der Waals surface area contributed by atoms with Crippen molar-refractivity contribution in [3.8, 4) is 33.3 Å². The van der Waals surface area contributed by atoms with Crippen LogP contribution < -0.4 is 5.32 Å². The Labute approximate surface area is 223 Å². The van der Waals surface area contributed by atoms with Crippen molar-refractivity contribution >= 4 is 45.0 Å². The summed E-state index contributed by atoms with van der Waals surface area (Å²) in [5.74, 6) is 0.285. The molecule has 3 N–H and O–H groups in total. The molecule has 0 fully saturated rings. The number of hydrogen-bond acceptors (Lipinski definition) is 7. The van der Waals surface area contributed by atoms with E-state index in [4.69, 9.17) is 9.97 Å². The van der Waals surface area contributed by atoms with Gasteiger partial charge >= 0.3 is 0 Å². The minimum absolute atomic E-state index is 0.223. The zero-order valence-electron chi connectivity index (χ0n) is 20.0. The topological polar surface area (TPSA) is 125 Å². The molecule has 0 unspecified atom stereocenters. The first-order valence-electron chi connectivity index (χ1n) is 11.9. The van der Waals surface area contributed by atoms with Gasteiger partial charge in [-0.05, 0) is 48.5 Å². The number of fused-ring (bicyclic) bond motifs is 2. The number of rotatable bonds is 5. The summed E-state index contributed by atoms with van der Waals surface area (Å²) >= 11 is 1.02. The summed E-state index contributed by atoms with van der Waals surface area (Å²) in [5, 5.41) is 10.1. The number of pyridine rings is 3. The van der Waals surface area contributed by atoms with Crippen molar-refractivity contribution in [2.45, 2.75) is 0 Å². The molecular weight excluding hydrogens is 515 g/mol. The molecule has 39 heavy (non-hydrogen) atoms. The maximum atomic E-state index is 13.7. The van der Waals surface area contributed by atoms with Crippen LogP contribution in [0.3, 0.4) is 0 Å². The first kappa shape index (κ1) is 22.9. The number of carbonyl (C=O) groups is 1. The Morgan fingerprint density at radius 3 is 2.62 bits per heavy atom. The highest BCUT2D eigenvalue weighted by atomic mass is 32.1. The Bertz CT molecular complexity index is 2000. The fourth-order valence-corrected chi connectivity index (χ4v) is 5.06. The lowest BCUT2D eigenvalue weighted by atomic mass is 10.1. The van der Waals surface area contributed by atoms with Gasteiger partial charge in [0.2, 0.25) is 0 Å². The molecule has 0 spiro atoms. The average molecular weight is 533 g/mol. The molecule has 0 aliphatic heterocycles. The molecule has 0 saturated heterocycles. The molecule has 9 nitrogen and oxygen atoms in total. The highest BCUT2D eigenvalue weighted by Crippen LogP contribution is 2.33. The van der Waals surface area contributed by atoms with Crippen LogP contribution in [0.2, 0.25) is 0 Å². The number of hydrogen-bond donors (Lipinski definition) is 3. The van der Waals surface area contributed by atoms with Gasteiger partial charge in [-0.1, -0.05) is 18.2 Å². The van der Waals surface area contributed by atoms with Crippen LogP contribution in [-0.2, 0) is 0 Å². The Balaban J connectivity index is 1.25. The van der Waals surface area contributed by atoms with Crippen molar-refractivity contribution in [1.29, 1.82) is 0 Å². The fourth-order valence-electron chi connectivity index (χ4n) is 4.34. The molecule has 6 heterocycles. The molecule has 0 aliphatic carbocycles. The molecule has 0 radical (unpaired) electrons. The van der Waals surface area contributed by atoms with Crippen LogP contribution in [0.25, 0.3) is 55.4 Å². The first-order valence-corrected chi connectivity index (χ1v) is 12.7. The second-order valence-corrected chi connectivity index (χ2v) is 9.73. The second-order valence-electron chi connectivity index (χ2n) is 8.69. The van der Waals surface area contributed by atoms with E-state index in [-0.39, 0.29) is 11.0 Å². The molecule has 7 rings (SSSR count). The third-order valence-corrected chi connectivity index (χ3v) is 7.05. The molecule has 1 aromatic carbocycles. The maximum absolute atomic E-state index is 13.7. The molecule has 0 aliphatic rings. The number of imidazole rings is 1. The first-order chi connectivity index (χ1) is 19.1. The summed E-state index contributed by atoms with van der Waals surface area (Å²) in [7, 11) is 0. The van der Waals surface area contributed by atoms with Gasteiger partial charge in [-0.15, -0.1) is 11.3 Å². The van der Waals surface area contributed by atoms with E-state index in [0.717, 1.165) is 27.9 Å². The van der Waals surface area contributed by atoms with Crippen molar-refractivity contribution < 1.29 is 9.18 Å². The van der Waals surface area contributed by atoms with E-state index in [9.17, 15) is 9.18 Å². The van der Waals surface area contributed by atoms with Gasteiger partial charge in [0.25, 0.3) is 5.91 Å². The van der Waals surface area contributed by atoms with Crippen molar-refractivity contribution in [2.24, 2.45) is 0 Å². The lowest BCUT2D eigenvalue weighted by Gasteiger charge is -2.07. The minimum atomic E-state index is -0.284. The van der Waals surface area contributed by atoms with Crippen molar-refractivity contribution in [1.82, 2.24) is 35.1 Å². The van der Waals surface area contributed by atoms with Gasteiger partial charge in [0.15, 0.2) is 16.6 Å². The Morgan fingerprint density at radius 1 is 0.897 bits per heavy atom. The predicted molar refractivity (Wildman–Crippen MR) is 148 cm³/mol. The summed E-state index contributed by atoms with van der Waals surface area (Å²) in [6, 6.07) is 19.5. The van der Waals surface area contributed by atoms with E-state index in [1.807, 2.05) is 42.5 Å². The Morgan fingerprint density at radius 2 is 1.77 bits per heavy atom. The van der Waals surface area contributed by atoms with Gasteiger partial charge in [-0.2, -0.15) is 9.49 Å². The van der Waals surface area contributed by atoms with Gasteiger partial charge in [0.05, 0.1) is 33.5 Å². The third-order valence-electron chi connectivity index (χ3n) is 6.17. The SMILES string of the molecule is O=C(Nc1cncc(-c2ccc3[nH]nc(-c4nc5c(-c6ccc(F)s6)nccc5[nH]4)c3n2)c1)c1ccccc1. The molecule has 1 amide bonds. The molecule has 11 heteroatoms. The molecular formula is C28H17FN8OS. The van der Waals surface area contributed by atoms with Crippen LogP contribution in [0.15, 0.2) is 85.3 Å². The van der Waals surface area contributed by atoms with Crippen molar-refractivity contribution in [3.63, 3.8) is 0 Å². The fraction of sp³-hybridized carbons (Fsp3) is 0. The quantitative estimate of drug-likeness (QED) is 0.247. The van der Waals surface area contributed by atoms with Gasteiger partial charge in [0.1, 0.15) is 16.7 Å². The summed E-state index contributed by atoms with van der Waals surface area (Å²) in [6.07, 6.45) is 4.93. The van der Waals surface area contributed by atoms with E-state index in [1.165, 1.54) is 6.07 Å². The summed E-state index contributed by atoms with van der Waals surface area (Å²) in [4.78, 5) is 34.9. The van der Waals surface area contributed by atoms with E-state index in [1.54, 1.807) is 36.8 Å². The number of thiophene rings is 1.